The van der Waals surface area contributed by atoms with E-state index in [1.54, 1.807) is 20.8 Å². The van der Waals surface area contributed by atoms with Crippen LogP contribution in [0.25, 0.3) is 5.65 Å². The number of amides is 3. The Morgan fingerprint density at radius 2 is 2.00 bits per heavy atom. The predicted molar refractivity (Wildman–Crippen MR) is 115 cm³/mol. The fourth-order valence-corrected chi connectivity index (χ4v) is 2.86. The van der Waals surface area contributed by atoms with Gasteiger partial charge in [-0.3, -0.25) is 9.59 Å². The summed E-state index contributed by atoms with van der Waals surface area (Å²) in [7, 11) is 1.44. The Kier molecular flexibility index (Phi) is 8.52. The number of fused-ring (bicyclic) bond motifs is 1. The molecule has 0 saturated heterocycles. The van der Waals surface area contributed by atoms with Gasteiger partial charge in [0.2, 0.25) is 5.91 Å². The SMILES string of the molecule is CNC(=O)[C@H](CCCNC(=O)OC(C)(C)C)NC(=O)c1ncn2c(=O)n(CCCl)nnc12. The first-order chi connectivity index (χ1) is 15.1. The number of nitrogens with zero attached hydrogens (tertiary/aromatic N) is 5. The molecule has 176 valence electrons. The lowest BCUT2D eigenvalue weighted by Crippen LogP contribution is -2.46. The van der Waals surface area contributed by atoms with E-state index in [4.69, 9.17) is 16.3 Å². The van der Waals surface area contributed by atoms with Gasteiger partial charge in [0.15, 0.2) is 11.3 Å². The summed E-state index contributed by atoms with van der Waals surface area (Å²) in [5, 5.41) is 15.3. The average molecular weight is 471 g/mol. The number of hydrogen-bond donors (Lipinski definition) is 3. The highest BCUT2D eigenvalue weighted by Crippen LogP contribution is 2.07. The second-order valence-electron chi connectivity index (χ2n) is 7.78. The quantitative estimate of drug-likeness (QED) is 0.331. The standard InChI is InChI=1S/C18H27ClN8O5/c1-18(2,3)32-16(30)21-8-5-6-11(14(28)20-4)23-15(29)12-13-24-25-27(9-7-19)17(31)26(13)10-22-12/h10-11H,5-9H2,1-4H3,(H,20,28)(H,21,30)(H,23,29)/t11-/m0/s1. The van der Waals surface area contributed by atoms with Crippen LogP contribution in [0.4, 0.5) is 4.79 Å². The lowest BCUT2D eigenvalue weighted by molar-refractivity contribution is -0.122. The van der Waals surface area contributed by atoms with Crippen LogP contribution in [-0.2, 0) is 16.1 Å². The van der Waals surface area contributed by atoms with Gasteiger partial charge in [-0.1, -0.05) is 5.21 Å². The molecule has 3 N–H and O–H groups in total. The topological polar surface area (TPSA) is 162 Å². The fraction of sp³-hybridized carbons (Fsp3) is 0.611. The van der Waals surface area contributed by atoms with E-state index < -0.39 is 35.2 Å². The number of hydrogen-bond acceptors (Lipinski definition) is 8. The van der Waals surface area contributed by atoms with Gasteiger partial charge < -0.3 is 20.7 Å². The van der Waals surface area contributed by atoms with Crippen molar-refractivity contribution in [2.24, 2.45) is 0 Å². The predicted octanol–water partition coefficient (Wildman–Crippen LogP) is -0.326. The van der Waals surface area contributed by atoms with Gasteiger partial charge in [0.1, 0.15) is 18.0 Å². The first-order valence-electron chi connectivity index (χ1n) is 9.93. The molecule has 0 radical (unpaired) electrons. The number of nitrogens with one attached hydrogen (secondary N) is 3. The molecule has 0 spiro atoms. The number of carbonyl (C=O) groups is 3. The maximum atomic E-state index is 12.7. The molecular formula is C18H27ClN8O5. The first-order valence-corrected chi connectivity index (χ1v) is 10.5. The maximum absolute atomic E-state index is 12.7. The second kappa shape index (κ2) is 10.9. The average Bonchev–Trinajstić information content (AvgIpc) is 3.15. The van der Waals surface area contributed by atoms with Gasteiger partial charge in [-0.05, 0) is 33.6 Å². The van der Waals surface area contributed by atoms with E-state index in [0.29, 0.717) is 6.42 Å². The van der Waals surface area contributed by atoms with Crippen molar-refractivity contribution in [2.75, 3.05) is 19.5 Å². The van der Waals surface area contributed by atoms with Crippen LogP contribution in [0, 0.1) is 0 Å². The Morgan fingerprint density at radius 3 is 2.62 bits per heavy atom. The summed E-state index contributed by atoms with van der Waals surface area (Å²) < 4.78 is 7.27. The van der Waals surface area contributed by atoms with Crippen LogP contribution >= 0.6 is 11.6 Å². The molecule has 14 heteroatoms. The number of likely N-dealkylation sites (N-methyl/N-ethyl adjacent to an activating group) is 1. The number of halogens is 1. The van der Waals surface area contributed by atoms with Crippen molar-refractivity contribution in [3.8, 4) is 0 Å². The molecule has 0 unspecified atom stereocenters. The first kappa shape index (κ1) is 25.0. The summed E-state index contributed by atoms with van der Waals surface area (Å²) in [6, 6.07) is -0.894. The third-order valence-corrected chi connectivity index (χ3v) is 4.30. The monoisotopic (exact) mass is 470 g/mol. The summed E-state index contributed by atoms with van der Waals surface area (Å²) in [4.78, 5) is 52.9. The van der Waals surface area contributed by atoms with E-state index in [-0.39, 0.29) is 36.7 Å². The normalized spacial score (nSPS) is 12.3. The van der Waals surface area contributed by atoms with Gasteiger partial charge in [0, 0.05) is 19.5 Å². The Balaban J connectivity index is 2.04. The number of aromatic nitrogens is 5. The third kappa shape index (κ3) is 6.64. The molecule has 3 amide bonds. The van der Waals surface area contributed by atoms with Crippen LogP contribution in [-0.4, -0.2) is 73.4 Å². The highest BCUT2D eigenvalue weighted by Gasteiger charge is 2.24. The molecule has 0 saturated carbocycles. The van der Waals surface area contributed by atoms with E-state index in [1.165, 1.54) is 7.05 Å². The molecule has 13 nitrogen and oxygen atoms in total. The van der Waals surface area contributed by atoms with Crippen molar-refractivity contribution >= 4 is 35.2 Å². The molecule has 0 fully saturated rings. The van der Waals surface area contributed by atoms with E-state index in [9.17, 15) is 19.2 Å². The van der Waals surface area contributed by atoms with Gasteiger partial charge in [-0.2, -0.15) is 4.68 Å². The van der Waals surface area contributed by atoms with Crippen LogP contribution in [0.5, 0.6) is 0 Å². The molecule has 32 heavy (non-hydrogen) atoms. The van der Waals surface area contributed by atoms with Crippen LogP contribution in [0.3, 0.4) is 0 Å². The number of carbonyl (C=O) groups excluding carboxylic acids is 3. The number of alkyl carbamates (subject to hydrolysis) is 1. The van der Waals surface area contributed by atoms with E-state index in [2.05, 4.69) is 31.2 Å². The minimum Gasteiger partial charge on any atom is -0.444 e. The van der Waals surface area contributed by atoms with Crippen LogP contribution in [0.2, 0.25) is 0 Å². The molecule has 0 aliphatic carbocycles. The van der Waals surface area contributed by atoms with Gasteiger partial charge in [0.25, 0.3) is 5.91 Å². The summed E-state index contributed by atoms with van der Waals surface area (Å²) in [5.41, 5.74) is -1.35. The van der Waals surface area contributed by atoms with E-state index in [0.717, 1.165) is 15.4 Å². The van der Waals surface area contributed by atoms with Crippen molar-refractivity contribution in [1.29, 1.82) is 0 Å². The molecule has 2 aromatic heterocycles. The number of ether oxygens (including phenoxy) is 1. The summed E-state index contributed by atoms with van der Waals surface area (Å²) in [6.07, 6.45) is 1.22. The third-order valence-electron chi connectivity index (χ3n) is 4.13. The Labute approximate surface area is 188 Å². The minimum absolute atomic E-state index is 0.0411. The fourth-order valence-electron chi connectivity index (χ4n) is 2.70. The van der Waals surface area contributed by atoms with Crippen molar-refractivity contribution in [1.82, 2.24) is 40.3 Å². The zero-order valence-electron chi connectivity index (χ0n) is 18.3. The number of aryl methyl sites for hydroxylation is 1. The number of rotatable bonds is 9. The molecule has 0 aliphatic rings. The molecule has 1 atom stereocenters. The van der Waals surface area contributed by atoms with Gasteiger partial charge >= 0.3 is 11.8 Å². The van der Waals surface area contributed by atoms with Gasteiger partial charge in [0.05, 0.1) is 6.54 Å². The zero-order valence-corrected chi connectivity index (χ0v) is 19.1. The molecule has 2 rings (SSSR count). The van der Waals surface area contributed by atoms with Crippen molar-refractivity contribution in [2.45, 2.75) is 51.8 Å². The molecule has 2 aromatic rings. The molecule has 0 aromatic carbocycles. The minimum atomic E-state index is -0.894. The Hall–Kier alpha value is -3.22. The highest BCUT2D eigenvalue weighted by atomic mass is 35.5. The van der Waals surface area contributed by atoms with Crippen LogP contribution in [0.1, 0.15) is 44.1 Å². The van der Waals surface area contributed by atoms with Gasteiger partial charge in [-0.25, -0.2) is 19.0 Å². The maximum Gasteiger partial charge on any atom is 0.407 e. The smallest absolute Gasteiger partial charge is 0.407 e. The number of imidazole rings is 1. The van der Waals surface area contributed by atoms with Crippen LogP contribution < -0.4 is 21.6 Å². The molecule has 0 bridgehead atoms. The largest absolute Gasteiger partial charge is 0.444 e. The second-order valence-corrected chi connectivity index (χ2v) is 8.16. The summed E-state index contributed by atoms with van der Waals surface area (Å²) >= 11 is 5.63. The van der Waals surface area contributed by atoms with Crippen molar-refractivity contribution in [3.63, 3.8) is 0 Å². The molecule has 0 aliphatic heterocycles. The Bertz CT molecular complexity index is 1030. The zero-order chi connectivity index (χ0) is 23.9. The number of alkyl halides is 1. The van der Waals surface area contributed by atoms with Crippen LogP contribution in [0.15, 0.2) is 11.1 Å². The lowest BCUT2D eigenvalue weighted by atomic mass is 10.1. The summed E-state index contributed by atoms with van der Waals surface area (Å²) in [6.45, 7) is 5.65. The summed E-state index contributed by atoms with van der Waals surface area (Å²) in [5.74, 6) is -0.946. The van der Waals surface area contributed by atoms with Crippen molar-refractivity contribution < 1.29 is 19.1 Å². The molecule has 2 heterocycles. The van der Waals surface area contributed by atoms with Gasteiger partial charge in [-0.15, -0.1) is 16.7 Å². The molecular weight excluding hydrogens is 444 g/mol. The highest BCUT2D eigenvalue weighted by molar-refractivity contribution is 6.17. The van der Waals surface area contributed by atoms with E-state index >= 15 is 0 Å². The lowest BCUT2D eigenvalue weighted by Gasteiger charge is -2.20. The van der Waals surface area contributed by atoms with E-state index in [1.807, 2.05) is 0 Å². The van der Waals surface area contributed by atoms with Crippen molar-refractivity contribution in [3.05, 3.63) is 22.5 Å². The Morgan fingerprint density at radius 1 is 1.28 bits per heavy atom.